The Bertz CT molecular complexity index is 519. The second-order valence-electron chi connectivity index (χ2n) is 8.66. The topological polar surface area (TPSA) is 76.0 Å². The number of unbranched alkanes of at least 4 members (excludes halogenated alkanes) is 14. The van der Waals surface area contributed by atoms with Crippen LogP contribution in [0.15, 0.2) is 18.2 Å². The van der Waals surface area contributed by atoms with Gasteiger partial charge in [0.15, 0.2) is 0 Å². The molecule has 0 saturated heterocycles. The lowest BCUT2D eigenvalue weighted by Gasteiger charge is -2.11. The minimum atomic E-state index is 0.308. The molecule has 2 N–H and O–H groups in total. The highest BCUT2D eigenvalue weighted by Gasteiger charge is 2.04. The number of aliphatic hydroxyl groups excluding tert-OH is 2. The molecule has 32 heavy (non-hydrogen) atoms. The molecule has 5 nitrogen and oxygen atoms in total. The van der Waals surface area contributed by atoms with Crippen LogP contribution < -0.4 is 9.47 Å². The van der Waals surface area contributed by atoms with Crippen molar-refractivity contribution in [2.75, 3.05) is 26.4 Å². The fourth-order valence-electron chi connectivity index (χ4n) is 3.76. The Hall–Kier alpha value is -1.59. The Morgan fingerprint density at radius 1 is 0.531 bits per heavy atom. The summed E-state index contributed by atoms with van der Waals surface area (Å²) in [6, 6.07) is 5.44. The summed E-state index contributed by atoms with van der Waals surface area (Å²) in [5.41, 5.74) is 0.586. The minimum absolute atomic E-state index is 0.308. The maximum absolute atomic E-state index is 11.3. The molecule has 1 aromatic rings. The van der Waals surface area contributed by atoms with Crippen LogP contribution in [0.1, 0.15) is 113 Å². The lowest BCUT2D eigenvalue weighted by atomic mass is 10.1. The van der Waals surface area contributed by atoms with Gasteiger partial charge in [-0.3, -0.25) is 4.79 Å². The van der Waals surface area contributed by atoms with Gasteiger partial charge in [-0.2, -0.15) is 0 Å². The van der Waals surface area contributed by atoms with Crippen LogP contribution in [-0.2, 0) is 0 Å². The quantitative estimate of drug-likeness (QED) is 0.147. The van der Waals surface area contributed by atoms with Crippen LogP contribution in [0.3, 0.4) is 0 Å². The first-order valence-corrected chi connectivity index (χ1v) is 12.9. The van der Waals surface area contributed by atoms with E-state index in [0.717, 1.165) is 57.7 Å². The maximum Gasteiger partial charge on any atom is 0.150 e. The molecule has 0 bridgehead atoms. The third kappa shape index (κ3) is 16.1. The van der Waals surface area contributed by atoms with Crippen molar-refractivity contribution in [3.63, 3.8) is 0 Å². The van der Waals surface area contributed by atoms with Gasteiger partial charge in [0.05, 0.1) is 13.2 Å². The van der Waals surface area contributed by atoms with Gasteiger partial charge in [0.2, 0.25) is 0 Å². The van der Waals surface area contributed by atoms with Gasteiger partial charge in [-0.25, -0.2) is 0 Å². The zero-order valence-corrected chi connectivity index (χ0v) is 20.1. The standard InChI is InChI=1S/C27H46O5/c28-17-13-9-5-1-3-7-11-15-19-31-26-21-25(24-30)22-27(23-26)32-20-16-12-8-4-2-6-10-14-18-29/h21-24,28-29H,1-20H2. The fourth-order valence-corrected chi connectivity index (χ4v) is 3.76. The first-order valence-electron chi connectivity index (χ1n) is 12.9. The first-order chi connectivity index (χ1) is 15.8. The molecule has 0 unspecified atom stereocenters. The van der Waals surface area contributed by atoms with E-state index in [0.29, 0.717) is 43.5 Å². The molecule has 1 aromatic carbocycles. The highest BCUT2D eigenvalue weighted by Crippen LogP contribution is 2.23. The van der Waals surface area contributed by atoms with Crippen molar-refractivity contribution in [2.24, 2.45) is 0 Å². The molecule has 184 valence electrons. The van der Waals surface area contributed by atoms with Crippen LogP contribution in [0.4, 0.5) is 0 Å². The molecule has 0 radical (unpaired) electrons. The largest absolute Gasteiger partial charge is 0.493 e. The summed E-state index contributed by atoms with van der Waals surface area (Å²) < 4.78 is 11.7. The second kappa shape index (κ2) is 21.3. The molecule has 5 heteroatoms. The third-order valence-corrected chi connectivity index (χ3v) is 5.68. The molecule has 0 heterocycles. The molecule has 0 aromatic heterocycles. The second-order valence-corrected chi connectivity index (χ2v) is 8.66. The van der Waals surface area contributed by atoms with Crippen molar-refractivity contribution in [1.82, 2.24) is 0 Å². The van der Waals surface area contributed by atoms with E-state index in [-0.39, 0.29) is 0 Å². The fraction of sp³-hybridized carbons (Fsp3) is 0.741. The molecular weight excluding hydrogens is 404 g/mol. The Morgan fingerprint density at radius 3 is 1.22 bits per heavy atom. The number of carbonyl (C=O) groups is 1. The summed E-state index contributed by atoms with van der Waals surface area (Å²) in [6.45, 7) is 1.93. The summed E-state index contributed by atoms with van der Waals surface area (Å²) >= 11 is 0. The number of hydrogen-bond donors (Lipinski definition) is 2. The smallest absolute Gasteiger partial charge is 0.150 e. The van der Waals surface area contributed by atoms with Crippen molar-refractivity contribution in [1.29, 1.82) is 0 Å². The van der Waals surface area contributed by atoms with Gasteiger partial charge >= 0.3 is 0 Å². The first kappa shape index (κ1) is 28.4. The molecule has 0 aliphatic rings. The van der Waals surface area contributed by atoms with Crippen LogP contribution in [0.2, 0.25) is 0 Å². The van der Waals surface area contributed by atoms with Gasteiger partial charge in [-0.05, 0) is 37.8 Å². The van der Waals surface area contributed by atoms with Crippen molar-refractivity contribution in [3.05, 3.63) is 23.8 Å². The Morgan fingerprint density at radius 2 is 0.875 bits per heavy atom. The van der Waals surface area contributed by atoms with E-state index in [1.807, 2.05) is 6.07 Å². The van der Waals surface area contributed by atoms with Gasteiger partial charge in [0.1, 0.15) is 17.8 Å². The highest BCUT2D eigenvalue weighted by atomic mass is 16.5. The zero-order valence-electron chi connectivity index (χ0n) is 20.1. The van der Waals surface area contributed by atoms with E-state index >= 15 is 0 Å². The summed E-state index contributed by atoms with van der Waals surface area (Å²) in [5.74, 6) is 1.41. The monoisotopic (exact) mass is 450 g/mol. The summed E-state index contributed by atoms with van der Waals surface area (Å²) in [5, 5.41) is 17.5. The number of aliphatic hydroxyl groups is 2. The number of rotatable bonds is 23. The lowest BCUT2D eigenvalue weighted by molar-refractivity contribution is 0.112. The van der Waals surface area contributed by atoms with E-state index < -0.39 is 0 Å². The Kier molecular flexibility index (Phi) is 18.9. The minimum Gasteiger partial charge on any atom is -0.493 e. The molecule has 1 rings (SSSR count). The number of hydrogen-bond acceptors (Lipinski definition) is 5. The Labute approximate surface area is 195 Å². The normalized spacial score (nSPS) is 10.9. The van der Waals surface area contributed by atoms with E-state index in [9.17, 15) is 4.79 Å². The predicted molar refractivity (Wildman–Crippen MR) is 131 cm³/mol. The van der Waals surface area contributed by atoms with Gasteiger partial charge < -0.3 is 19.7 Å². The average Bonchev–Trinajstić information content (AvgIpc) is 2.81. The van der Waals surface area contributed by atoms with E-state index in [4.69, 9.17) is 19.7 Å². The number of carbonyl (C=O) groups excluding carboxylic acids is 1. The predicted octanol–water partition coefficient (Wildman–Crippen LogP) is 6.48. The third-order valence-electron chi connectivity index (χ3n) is 5.68. The van der Waals surface area contributed by atoms with E-state index in [2.05, 4.69) is 0 Å². The molecule has 0 saturated carbocycles. The molecule has 0 spiro atoms. The average molecular weight is 451 g/mol. The van der Waals surface area contributed by atoms with Crippen LogP contribution in [0.25, 0.3) is 0 Å². The van der Waals surface area contributed by atoms with Crippen molar-refractivity contribution in [2.45, 2.75) is 103 Å². The zero-order chi connectivity index (χ0) is 23.1. The van der Waals surface area contributed by atoms with Crippen LogP contribution in [0.5, 0.6) is 11.5 Å². The summed E-state index contributed by atoms with van der Waals surface area (Å²) in [6.07, 6.45) is 19.1. The van der Waals surface area contributed by atoms with Gasteiger partial charge in [0, 0.05) is 24.8 Å². The van der Waals surface area contributed by atoms with Crippen molar-refractivity contribution < 1.29 is 24.5 Å². The Balaban J connectivity index is 2.14. The molecular formula is C27H46O5. The van der Waals surface area contributed by atoms with E-state index in [1.165, 1.54) is 51.4 Å². The molecule has 0 aliphatic carbocycles. The van der Waals surface area contributed by atoms with E-state index in [1.54, 1.807) is 12.1 Å². The van der Waals surface area contributed by atoms with Gasteiger partial charge in [-0.15, -0.1) is 0 Å². The molecule has 0 atom stereocenters. The van der Waals surface area contributed by atoms with Gasteiger partial charge in [-0.1, -0.05) is 77.0 Å². The van der Waals surface area contributed by atoms with Crippen LogP contribution >= 0.6 is 0 Å². The lowest BCUT2D eigenvalue weighted by Crippen LogP contribution is -2.01. The summed E-state index contributed by atoms with van der Waals surface area (Å²) in [4.78, 5) is 11.3. The number of aldehydes is 1. The number of ether oxygens (including phenoxy) is 2. The molecule has 0 fully saturated rings. The van der Waals surface area contributed by atoms with Crippen LogP contribution in [0, 0.1) is 0 Å². The highest BCUT2D eigenvalue weighted by molar-refractivity contribution is 5.76. The van der Waals surface area contributed by atoms with Gasteiger partial charge in [0.25, 0.3) is 0 Å². The number of benzene rings is 1. The summed E-state index contributed by atoms with van der Waals surface area (Å²) in [7, 11) is 0. The molecule has 0 amide bonds. The van der Waals surface area contributed by atoms with Crippen LogP contribution in [-0.4, -0.2) is 42.9 Å². The SMILES string of the molecule is O=Cc1cc(OCCCCCCCCCCO)cc(OCCCCCCCCCCO)c1. The molecule has 0 aliphatic heterocycles. The van der Waals surface area contributed by atoms with Crippen molar-refractivity contribution in [3.8, 4) is 11.5 Å². The van der Waals surface area contributed by atoms with Crippen molar-refractivity contribution >= 4 is 6.29 Å². The maximum atomic E-state index is 11.3.